The Hall–Kier alpha value is -1.10. The van der Waals surface area contributed by atoms with Crippen LogP contribution in [-0.2, 0) is 4.79 Å². The molecule has 20 heavy (non-hydrogen) atoms. The number of benzene rings is 1. The highest BCUT2D eigenvalue weighted by Crippen LogP contribution is 2.32. The SMILES string of the molecule is CC(C)CC(=O)Nc1nc(-c2ccc(Cl)cc2Cl)cs1. The molecule has 1 aromatic heterocycles. The van der Waals surface area contributed by atoms with Crippen molar-refractivity contribution in [3.05, 3.63) is 33.6 Å². The zero-order chi connectivity index (χ0) is 14.7. The number of nitrogens with zero attached hydrogens (tertiary/aromatic N) is 1. The Morgan fingerprint density at radius 3 is 2.80 bits per heavy atom. The number of thiazole rings is 1. The normalized spacial score (nSPS) is 10.8. The third-order valence-electron chi connectivity index (χ3n) is 2.55. The molecule has 0 bridgehead atoms. The number of amides is 1. The maximum absolute atomic E-state index is 11.7. The van der Waals surface area contributed by atoms with Gasteiger partial charge in [-0.2, -0.15) is 0 Å². The highest BCUT2D eigenvalue weighted by molar-refractivity contribution is 7.14. The fraction of sp³-hybridized carbons (Fsp3) is 0.286. The summed E-state index contributed by atoms with van der Waals surface area (Å²) in [5, 5.41) is 6.36. The lowest BCUT2D eigenvalue weighted by Crippen LogP contribution is -2.13. The molecule has 1 N–H and O–H groups in total. The Morgan fingerprint density at radius 1 is 1.40 bits per heavy atom. The van der Waals surface area contributed by atoms with Crippen LogP contribution < -0.4 is 5.32 Å². The molecule has 2 aromatic rings. The van der Waals surface area contributed by atoms with Crippen LogP contribution in [0.5, 0.6) is 0 Å². The monoisotopic (exact) mass is 328 g/mol. The van der Waals surface area contributed by atoms with Crippen molar-refractivity contribution < 1.29 is 4.79 Å². The molecule has 0 fully saturated rings. The molecule has 0 aliphatic heterocycles. The molecule has 0 radical (unpaired) electrons. The number of halogens is 2. The van der Waals surface area contributed by atoms with E-state index in [1.807, 2.05) is 25.3 Å². The van der Waals surface area contributed by atoms with Crippen LogP contribution in [0, 0.1) is 5.92 Å². The van der Waals surface area contributed by atoms with Gasteiger partial charge < -0.3 is 5.32 Å². The summed E-state index contributed by atoms with van der Waals surface area (Å²) in [5.41, 5.74) is 1.54. The van der Waals surface area contributed by atoms with Crippen molar-refractivity contribution in [2.24, 2.45) is 5.92 Å². The van der Waals surface area contributed by atoms with Crippen molar-refractivity contribution in [2.75, 3.05) is 5.32 Å². The molecule has 6 heteroatoms. The fourth-order valence-corrected chi connectivity index (χ4v) is 2.93. The fourth-order valence-electron chi connectivity index (χ4n) is 1.69. The van der Waals surface area contributed by atoms with Gasteiger partial charge in [-0.05, 0) is 24.1 Å². The predicted octanol–water partition coefficient (Wildman–Crippen LogP) is 5.10. The Bertz CT molecular complexity index is 625. The van der Waals surface area contributed by atoms with Crippen LogP contribution in [0.3, 0.4) is 0 Å². The molecule has 0 saturated carbocycles. The van der Waals surface area contributed by atoms with Crippen molar-refractivity contribution in [1.29, 1.82) is 0 Å². The number of anilines is 1. The molecular weight excluding hydrogens is 315 g/mol. The number of carbonyl (C=O) groups excluding carboxylic acids is 1. The van der Waals surface area contributed by atoms with E-state index in [9.17, 15) is 4.79 Å². The van der Waals surface area contributed by atoms with Crippen LogP contribution >= 0.6 is 34.5 Å². The van der Waals surface area contributed by atoms with E-state index in [1.165, 1.54) is 11.3 Å². The molecule has 3 nitrogen and oxygen atoms in total. The van der Waals surface area contributed by atoms with E-state index in [1.54, 1.807) is 12.1 Å². The number of aromatic nitrogens is 1. The van der Waals surface area contributed by atoms with Crippen LogP contribution in [-0.4, -0.2) is 10.9 Å². The quantitative estimate of drug-likeness (QED) is 0.848. The van der Waals surface area contributed by atoms with Crippen molar-refractivity contribution >= 4 is 45.6 Å². The van der Waals surface area contributed by atoms with Gasteiger partial charge in [-0.1, -0.05) is 37.0 Å². The highest BCUT2D eigenvalue weighted by atomic mass is 35.5. The third kappa shape index (κ3) is 3.95. The summed E-state index contributed by atoms with van der Waals surface area (Å²) in [6.07, 6.45) is 0.483. The Labute approximate surface area is 131 Å². The molecule has 106 valence electrons. The summed E-state index contributed by atoms with van der Waals surface area (Å²) in [6, 6.07) is 5.26. The Balaban J connectivity index is 2.14. The van der Waals surface area contributed by atoms with Gasteiger partial charge in [0.1, 0.15) is 0 Å². The smallest absolute Gasteiger partial charge is 0.226 e. The lowest BCUT2D eigenvalue weighted by molar-refractivity contribution is -0.116. The topological polar surface area (TPSA) is 42.0 Å². The number of carbonyl (C=O) groups is 1. The van der Waals surface area contributed by atoms with Crippen LogP contribution in [0.2, 0.25) is 10.0 Å². The number of nitrogens with one attached hydrogen (secondary N) is 1. The van der Waals surface area contributed by atoms with Gasteiger partial charge >= 0.3 is 0 Å². The number of hydrogen-bond donors (Lipinski definition) is 1. The number of rotatable bonds is 4. The van der Waals surface area contributed by atoms with Crippen LogP contribution in [0.1, 0.15) is 20.3 Å². The molecule has 0 aliphatic carbocycles. The average Bonchev–Trinajstić information content (AvgIpc) is 2.75. The summed E-state index contributed by atoms with van der Waals surface area (Å²) in [5.74, 6) is 0.295. The number of hydrogen-bond acceptors (Lipinski definition) is 3. The second-order valence-corrected chi connectivity index (χ2v) is 6.51. The molecule has 0 saturated heterocycles. The lowest BCUT2D eigenvalue weighted by Gasteiger charge is -2.04. The summed E-state index contributed by atoms with van der Waals surface area (Å²) >= 11 is 13.4. The average molecular weight is 329 g/mol. The van der Waals surface area contributed by atoms with Gasteiger partial charge in [0.25, 0.3) is 0 Å². The van der Waals surface area contributed by atoms with Gasteiger partial charge in [0.05, 0.1) is 10.7 Å². The van der Waals surface area contributed by atoms with Crippen LogP contribution in [0.15, 0.2) is 23.6 Å². The Morgan fingerprint density at radius 2 is 2.15 bits per heavy atom. The molecular formula is C14H14Cl2N2OS. The van der Waals surface area contributed by atoms with E-state index in [4.69, 9.17) is 23.2 Å². The van der Waals surface area contributed by atoms with Gasteiger partial charge in [0.15, 0.2) is 5.13 Å². The summed E-state index contributed by atoms with van der Waals surface area (Å²) in [6.45, 7) is 4.00. The van der Waals surface area contributed by atoms with Crippen molar-refractivity contribution in [1.82, 2.24) is 4.98 Å². The van der Waals surface area contributed by atoms with Crippen molar-refractivity contribution in [3.63, 3.8) is 0 Å². The van der Waals surface area contributed by atoms with Crippen LogP contribution in [0.4, 0.5) is 5.13 Å². The second kappa shape index (κ2) is 6.57. The first-order chi connectivity index (χ1) is 9.45. The molecule has 1 aromatic carbocycles. The van der Waals surface area contributed by atoms with E-state index in [0.29, 0.717) is 27.5 Å². The minimum Gasteiger partial charge on any atom is -0.302 e. The summed E-state index contributed by atoms with van der Waals surface area (Å²) in [7, 11) is 0. The summed E-state index contributed by atoms with van der Waals surface area (Å²) in [4.78, 5) is 16.1. The van der Waals surface area contributed by atoms with Gasteiger partial charge in [0, 0.05) is 22.4 Å². The van der Waals surface area contributed by atoms with Gasteiger partial charge in [-0.3, -0.25) is 4.79 Å². The molecule has 2 rings (SSSR count). The standard InChI is InChI=1S/C14H14Cl2N2OS/c1-8(2)5-13(19)18-14-17-12(7-20-14)10-4-3-9(15)6-11(10)16/h3-4,6-8H,5H2,1-2H3,(H,17,18,19). The van der Waals surface area contributed by atoms with Crippen molar-refractivity contribution in [2.45, 2.75) is 20.3 Å². The molecule has 0 unspecified atom stereocenters. The maximum atomic E-state index is 11.7. The van der Waals surface area contributed by atoms with E-state index in [0.717, 1.165) is 11.3 Å². The van der Waals surface area contributed by atoms with E-state index in [2.05, 4.69) is 10.3 Å². The predicted molar refractivity (Wildman–Crippen MR) is 85.7 cm³/mol. The zero-order valence-electron chi connectivity index (χ0n) is 11.1. The van der Waals surface area contributed by atoms with Gasteiger partial charge in [-0.15, -0.1) is 11.3 Å². The molecule has 0 spiro atoms. The van der Waals surface area contributed by atoms with Crippen LogP contribution in [0.25, 0.3) is 11.3 Å². The van der Waals surface area contributed by atoms with E-state index in [-0.39, 0.29) is 5.91 Å². The largest absolute Gasteiger partial charge is 0.302 e. The van der Waals surface area contributed by atoms with Gasteiger partial charge in [-0.25, -0.2) is 4.98 Å². The van der Waals surface area contributed by atoms with Gasteiger partial charge in [0.2, 0.25) is 5.91 Å². The molecule has 1 heterocycles. The zero-order valence-corrected chi connectivity index (χ0v) is 13.4. The second-order valence-electron chi connectivity index (χ2n) is 4.81. The highest BCUT2D eigenvalue weighted by Gasteiger charge is 2.11. The molecule has 1 amide bonds. The summed E-state index contributed by atoms with van der Waals surface area (Å²) < 4.78 is 0. The Kier molecular flexibility index (Phi) is 5.02. The first-order valence-electron chi connectivity index (χ1n) is 6.16. The van der Waals surface area contributed by atoms with E-state index < -0.39 is 0 Å². The molecule has 0 atom stereocenters. The minimum absolute atomic E-state index is 0.0249. The first kappa shape index (κ1) is 15.3. The minimum atomic E-state index is -0.0249. The molecule has 0 aliphatic rings. The maximum Gasteiger partial charge on any atom is 0.226 e. The van der Waals surface area contributed by atoms with Crippen molar-refractivity contribution in [3.8, 4) is 11.3 Å². The first-order valence-corrected chi connectivity index (χ1v) is 7.80. The third-order valence-corrected chi connectivity index (χ3v) is 3.86. The lowest BCUT2D eigenvalue weighted by atomic mass is 10.1. The van der Waals surface area contributed by atoms with E-state index >= 15 is 0 Å².